The Labute approximate surface area is 175 Å². The summed E-state index contributed by atoms with van der Waals surface area (Å²) >= 11 is 0. The molecule has 6 nitrogen and oxygen atoms in total. The predicted octanol–water partition coefficient (Wildman–Crippen LogP) is 3.13. The standard InChI is InChI=1S/C24H22N4O2/c25-14-17-8-10-18(11-9-17)16-27-23(29)13-20-5-1-2-7-22(20)28-24(30)21-6-3-4-19(12-21)15-26/h1-12H,13-14,16,25H2,(H,27,29)(H,28,30). The summed E-state index contributed by atoms with van der Waals surface area (Å²) in [6.07, 6.45) is 0.134. The Balaban J connectivity index is 1.63. The van der Waals surface area contributed by atoms with Gasteiger partial charge in [0.05, 0.1) is 18.1 Å². The van der Waals surface area contributed by atoms with Crippen LogP contribution in [-0.2, 0) is 24.3 Å². The van der Waals surface area contributed by atoms with Gasteiger partial charge in [-0.3, -0.25) is 9.59 Å². The second kappa shape index (κ2) is 10.0. The molecule has 0 spiro atoms. The van der Waals surface area contributed by atoms with Gasteiger partial charge in [-0.2, -0.15) is 5.26 Å². The van der Waals surface area contributed by atoms with Gasteiger partial charge in [0.15, 0.2) is 0 Å². The van der Waals surface area contributed by atoms with Gasteiger partial charge in [-0.1, -0.05) is 48.5 Å². The maximum absolute atomic E-state index is 12.6. The molecular formula is C24H22N4O2. The lowest BCUT2D eigenvalue weighted by Gasteiger charge is -2.12. The number of carbonyl (C=O) groups is 2. The number of nitriles is 1. The zero-order valence-corrected chi connectivity index (χ0v) is 16.4. The number of amides is 2. The fraction of sp³-hybridized carbons (Fsp3) is 0.125. The highest BCUT2D eigenvalue weighted by Crippen LogP contribution is 2.17. The molecule has 3 rings (SSSR count). The van der Waals surface area contributed by atoms with E-state index in [-0.39, 0.29) is 18.2 Å². The van der Waals surface area contributed by atoms with Crippen molar-refractivity contribution in [1.29, 1.82) is 5.26 Å². The number of nitrogens with two attached hydrogens (primary N) is 1. The van der Waals surface area contributed by atoms with Crippen molar-refractivity contribution in [1.82, 2.24) is 5.32 Å². The van der Waals surface area contributed by atoms with Gasteiger partial charge in [0.25, 0.3) is 5.91 Å². The van der Waals surface area contributed by atoms with E-state index in [2.05, 4.69) is 10.6 Å². The lowest BCUT2D eigenvalue weighted by atomic mass is 10.1. The van der Waals surface area contributed by atoms with Crippen molar-refractivity contribution in [3.63, 3.8) is 0 Å². The Morgan fingerprint density at radius 2 is 1.67 bits per heavy atom. The minimum Gasteiger partial charge on any atom is -0.352 e. The molecule has 0 aliphatic rings. The average molecular weight is 398 g/mol. The van der Waals surface area contributed by atoms with Gasteiger partial charge < -0.3 is 16.4 Å². The summed E-state index contributed by atoms with van der Waals surface area (Å²) in [6.45, 7) is 0.898. The van der Waals surface area contributed by atoms with Crippen LogP contribution in [0.15, 0.2) is 72.8 Å². The summed E-state index contributed by atoms with van der Waals surface area (Å²) in [6, 6.07) is 23.4. The first-order valence-electron chi connectivity index (χ1n) is 9.53. The minimum atomic E-state index is -0.333. The highest BCUT2D eigenvalue weighted by Gasteiger charge is 2.12. The number of carbonyl (C=O) groups excluding carboxylic acids is 2. The molecule has 0 bridgehead atoms. The summed E-state index contributed by atoms with van der Waals surface area (Å²) in [7, 11) is 0. The molecule has 0 saturated heterocycles. The van der Waals surface area contributed by atoms with E-state index in [9.17, 15) is 9.59 Å². The topological polar surface area (TPSA) is 108 Å². The van der Waals surface area contributed by atoms with Gasteiger partial charge in [-0.15, -0.1) is 0 Å². The van der Waals surface area contributed by atoms with Crippen molar-refractivity contribution in [2.45, 2.75) is 19.5 Å². The van der Waals surface area contributed by atoms with Crippen LogP contribution >= 0.6 is 0 Å². The molecular weight excluding hydrogens is 376 g/mol. The predicted molar refractivity (Wildman–Crippen MR) is 115 cm³/mol. The molecule has 0 aliphatic carbocycles. The molecule has 3 aromatic carbocycles. The van der Waals surface area contributed by atoms with Crippen LogP contribution in [0.1, 0.15) is 32.6 Å². The molecule has 3 aromatic rings. The lowest BCUT2D eigenvalue weighted by Crippen LogP contribution is -2.25. The van der Waals surface area contributed by atoms with E-state index >= 15 is 0 Å². The quantitative estimate of drug-likeness (QED) is 0.568. The number of benzene rings is 3. The Morgan fingerprint density at radius 3 is 2.40 bits per heavy atom. The highest BCUT2D eigenvalue weighted by molar-refractivity contribution is 6.05. The second-order valence-corrected chi connectivity index (χ2v) is 6.78. The minimum absolute atomic E-state index is 0.134. The van der Waals surface area contributed by atoms with Crippen molar-refractivity contribution >= 4 is 17.5 Å². The molecule has 4 N–H and O–H groups in total. The monoisotopic (exact) mass is 398 g/mol. The molecule has 0 saturated carbocycles. The molecule has 0 fully saturated rings. The van der Waals surface area contributed by atoms with Crippen LogP contribution in [0, 0.1) is 11.3 Å². The van der Waals surface area contributed by atoms with Gasteiger partial charge in [-0.25, -0.2) is 0 Å². The van der Waals surface area contributed by atoms with Crippen LogP contribution in [0.25, 0.3) is 0 Å². The first-order valence-corrected chi connectivity index (χ1v) is 9.53. The molecule has 0 unspecified atom stereocenters. The zero-order valence-electron chi connectivity index (χ0n) is 16.4. The van der Waals surface area contributed by atoms with Gasteiger partial charge in [0.2, 0.25) is 5.91 Å². The third kappa shape index (κ3) is 5.53. The summed E-state index contributed by atoms with van der Waals surface area (Å²) < 4.78 is 0. The largest absolute Gasteiger partial charge is 0.352 e. The lowest BCUT2D eigenvalue weighted by molar-refractivity contribution is -0.120. The van der Waals surface area contributed by atoms with Crippen molar-refractivity contribution in [3.05, 3.63) is 101 Å². The SMILES string of the molecule is N#Cc1cccc(C(=O)Nc2ccccc2CC(=O)NCc2ccc(CN)cc2)c1. The maximum Gasteiger partial charge on any atom is 0.255 e. The summed E-state index contributed by atoms with van der Waals surface area (Å²) in [4.78, 5) is 25.0. The van der Waals surface area contributed by atoms with Gasteiger partial charge in [0, 0.05) is 24.3 Å². The fourth-order valence-electron chi connectivity index (χ4n) is 2.95. The Hall–Kier alpha value is -3.95. The first kappa shape index (κ1) is 20.8. The van der Waals surface area contributed by atoms with Crippen molar-refractivity contribution in [3.8, 4) is 6.07 Å². The second-order valence-electron chi connectivity index (χ2n) is 6.78. The van der Waals surface area contributed by atoms with E-state index in [1.54, 1.807) is 36.4 Å². The Morgan fingerprint density at radius 1 is 0.933 bits per heavy atom. The van der Waals surface area contributed by atoms with Crippen LogP contribution in [-0.4, -0.2) is 11.8 Å². The van der Waals surface area contributed by atoms with Gasteiger partial charge >= 0.3 is 0 Å². The molecule has 30 heavy (non-hydrogen) atoms. The van der Waals surface area contributed by atoms with E-state index in [4.69, 9.17) is 11.0 Å². The summed E-state index contributed by atoms with van der Waals surface area (Å²) in [5.41, 5.74) is 9.68. The van der Waals surface area contributed by atoms with Gasteiger partial charge in [0.1, 0.15) is 0 Å². The number of hydrogen-bond donors (Lipinski definition) is 3. The van der Waals surface area contributed by atoms with E-state index in [0.29, 0.717) is 35.5 Å². The summed E-state index contributed by atoms with van der Waals surface area (Å²) in [5, 5.41) is 14.7. The molecule has 0 aromatic heterocycles. The van der Waals surface area contributed by atoms with Crippen LogP contribution in [0.5, 0.6) is 0 Å². The van der Waals surface area contributed by atoms with Crippen LogP contribution in [0.2, 0.25) is 0 Å². The number of nitrogens with one attached hydrogen (secondary N) is 2. The number of anilines is 1. The summed E-state index contributed by atoms with van der Waals surface area (Å²) in [5.74, 6) is -0.481. The van der Waals surface area contributed by atoms with E-state index in [1.165, 1.54) is 6.07 Å². The Bertz CT molecular complexity index is 1080. The van der Waals surface area contributed by atoms with Crippen molar-refractivity contribution in [2.75, 3.05) is 5.32 Å². The molecule has 0 aliphatic heterocycles. The molecule has 0 atom stereocenters. The van der Waals surface area contributed by atoms with Crippen LogP contribution < -0.4 is 16.4 Å². The van der Waals surface area contributed by atoms with Crippen LogP contribution in [0.4, 0.5) is 5.69 Å². The smallest absolute Gasteiger partial charge is 0.255 e. The Kier molecular flexibility index (Phi) is 6.93. The first-order chi connectivity index (χ1) is 14.6. The molecule has 2 amide bonds. The number of rotatable bonds is 7. The normalized spacial score (nSPS) is 10.1. The average Bonchev–Trinajstić information content (AvgIpc) is 2.79. The molecule has 6 heteroatoms. The van der Waals surface area contributed by atoms with E-state index in [1.807, 2.05) is 36.4 Å². The maximum atomic E-state index is 12.6. The van der Waals surface area contributed by atoms with E-state index < -0.39 is 0 Å². The van der Waals surface area contributed by atoms with Crippen molar-refractivity contribution < 1.29 is 9.59 Å². The molecule has 0 radical (unpaired) electrons. The zero-order chi connectivity index (χ0) is 21.3. The third-order valence-corrected chi connectivity index (χ3v) is 4.62. The molecule has 0 heterocycles. The van der Waals surface area contributed by atoms with Crippen LogP contribution in [0.3, 0.4) is 0 Å². The number of hydrogen-bond acceptors (Lipinski definition) is 4. The number of nitrogens with zero attached hydrogens (tertiary/aromatic N) is 1. The highest BCUT2D eigenvalue weighted by atomic mass is 16.2. The third-order valence-electron chi connectivity index (χ3n) is 4.62. The van der Waals surface area contributed by atoms with Gasteiger partial charge in [-0.05, 0) is 41.0 Å². The molecule has 150 valence electrons. The number of para-hydroxylation sites is 1. The van der Waals surface area contributed by atoms with E-state index in [0.717, 1.165) is 11.1 Å². The van der Waals surface area contributed by atoms with Crippen molar-refractivity contribution in [2.24, 2.45) is 5.73 Å². The fourth-order valence-corrected chi connectivity index (χ4v) is 2.95.